The van der Waals surface area contributed by atoms with Crippen molar-refractivity contribution in [1.82, 2.24) is 14.2 Å². The maximum Gasteiger partial charge on any atom is 0.291 e. The maximum absolute atomic E-state index is 13.4. The molecule has 1 atom stereocenters. The Morgan fingerprint density at radius 1 is 0.968 bits per heavy atom. The highest BCUT2D eigenvalue weighted by atomic mass is 16.2. The normalized spacial score (nSPS) is 12.5. The van der Waals surface area contributed by atoms with Gasteiger partial charge in [-0.3, -0.25) is 14.0 Å². The molecule has 2 aromatic heterocycles. The first-order valence-electron chi connectivity index (χ1n) is 10.6. The lowest BCUT2D eigenvalue weighted by atomic mass is 10.0. The highest BCUT2D eigenvalue weighted by Gasteiger charge is 2.24. The number of amides is 1. The van der Waals surface area contributed by atoms with Crippen LogP contribution in [0.1, 0.15) is 47.5 Å². The van der Waals surface area contributed by atoms with Gasteiger partial charge in [0.15, 0.2) is 0 Å². The zero-order valence-corrected chi connectivity index (χ0v) is 18.9. The molecule has 1 unspecified atom stereocenters. The Hall–Kier alpha value is -3.41. The van der Waals surface area contributed by atoms with Crippen LogP contribution in [0.2, 0.25) is 0 Å². The second-order valence-electron chi connectivity index (χ2n) is 8.41. The second-order valence-corrected chi connectivity index (χ2v) is 8.41. The number of hydrogen-bond acceptors (Lipinski definition) is 3. The summed E-state index contributed by atoms with van der Waals surface area (Å²) in [5.74, 6) is 0.435. The molecule has 0 bridgehead atoms. The third kappa shape index (κ3) is 3.52. The van der Waals surface area contributed by atoms with Gasteiger partial charge in [-0.1, -0.05) is 36.2 Å². The lowest BCUT2D eigenvalue weighted by Crippen LogP contribution is -2.36. The molecule has 2 heterocycles. The molecular weight excluding hydrogens is 388 g/mol. The number of carbonyl (C=O) groups is 1. The van der Waals surface area contributed by atoms with E-state index in [1.54, 1.807) is 0 Å². The molecule has 0 aliphatic rings. The smallest absolute Gasteiger partial charge is 0.291 e. The number of nitrogens with one attached hydrogen (secondary N) is 1. The molecule has 1 amide bonds. The molecule has 0 fully saturated rings. The number of fused-ring (bicyclic) bond motifs is 3. The Bertz CT molecular complexity index is 1370. The lowest BCUT2D eigenvalue weighted by molar-refractivity contribution is -0.119. The molecule has 0 saturated carbocycles. The summed E-state index contributed by atoms with van der Waals surface area (Å²) in [4.78, 5) is 26.6. The summed E-state index contributed by atoms with van der Waals surface area (Å²) >= 11 is 0. The van der Waals surface area contributed by atoms with Crippen molar-refractivity contribution in [2.75, 3.05) is 5.32 Å². The minimum atomic E-state index is -0.698. The van der Waals surface area contributed by atoms with Crippen molar-refractivity contribution in [3.8, 4) is 0 Å². The van der Waals surface area contributed by atoms with Gasteiger partial charge in [-0.15, -0.1) is 0 Å². The number of benzene rings is 2. The molecule has 4 aromatic rings. The first-order valence-corrected chi connectivity index (χ1v) is 10.6. The van der Waals surface area contributed by atoms with Crippen molar-refractivity contribution in [2.24, 2.45) is 0 Å². The van der Waals surface area contributed by atoms with E-state index in [0.29, 0.717) is 17.8 Å². The van der Waals surface area contributed by atoms with E-state index in [1.165, 1.54) is 4.68 Å². The molecule has 6 heteroatoms. The summed E-state index contributed by atoms with van der Waals surface area (Å²) in [5, 5.41) is 8.57. The van der Waals surface area contributed by atoms with Crippen LogP contribution >= 0.6 is 0 Å². The number of aromatic nitrogens is 3. The number of hydrogen-bond donors (Lipinski definition) is 1. The van der Waals surface area contributed by atoms with Gasteiger partial charge in [0, 0.05) is 11.1 Å². The van der Waals surface area contributed by atoms with E-state index < -0.39 is 6.04 Å². The average molecular weight is 417 g/mol. The highest BCUT2D eigenvalue weighted by Crippen LogP contribution is 2.25. The predicted octanol–water partition coefficient (Wildman–Crippen LogP) is 4.78. The Balaban J connectivity index is 1.81. The monoisotopic (exact) mass is 416 g/mol. The molecule has 1 N–H and O–H groups in total. The van der Waals surface area contributed by atoms with Crippen molar-refractivity contribution in [3.05, 3.63) is 74.8 Å². The fourth-order valence-electron chi connectivity index (χ4n) is 4.47. The number of rotatable bonds is 4. The highest BCUT2D eigenvalue weighted by molar-refractivity contribution is 5.95. The second kappa shape index (κ2) is 7.69. The molecule has 0 saturated heterocycles. The van der Waals surface area contributed by atoms with Gasteiger partial charge in [-0.2, -0.15) is 5.10 Å². The van der Waals surface area contributed by atoms with Crippen LogP contribution < -0.4 is 10.9 Å². The molecule has 0 spiro atoms. The SMILES string of the molecule is CCC(C(=O)Nc1c(C)cc(C)cc1C)n1nc(C)n2c(cc3cc(C)ccc32)c1=O. The summed E-state index contributed by atoms with van der Waals surface area (Å²) in [7, 11) is 0. The van der Waals surface area contributed by atoms with Gasteiger partial charge in [0.1, 0.15) is 17.4 Å². The van der Waals surface area contributed by atoms with Crippen LogP contribution in [0, 0.1) is 34.6 Å². The van der Waals surface area contributed by atoms with Crippen molar-refractivity contribution in [1.29, 1.82) is 0 Å². The zero-order chi connectivity index (χ0) is 22.4. The molecule has 2 aromatic carbocycles. The third-order valence-corrected chi connectivity index (χ3v) is 5.87. The number of carbonyl (C=O) groups excluding carboxylic acids is 1. The molecule has 4 rings (SSSR count). The van der Waals surface area contributed by atoms with E-state index in [1.807, 2.05) is 76.3 Å². The van der Waals surface area contributed by atoms with E-state index in [0.717, 1.165) is 38.8 Å². The van der Waals surface area contributed by atoms with Gasteiger partial charge < -0.3 is 5.32 Å². The predicted molar refractivity (Wildman–Crippen MR) is 125 cm³/mol. The molecule has 31 heavy (non-hydrogen) atoms. The average Bonchev–Trinajstić information content (AvgIpc) is 3.08. The summed E-state index contributed by atoms with van der Waals surface area (Å²) in [6.45, 7) is 11.8. The topological polar surface area (TPSA) is 68.4 Å². The minimum Gasteiger partial charge on any atom is -0.324 e. The van der Waals surface area contributed by atoms with E-state index >= 15 is 0 Å². The minimum absolute atomic E-state index is 0.233. The van der Waals surface area contributed by atoms with Crippen molar-refractivity contribution >= 4 is 28.0 Å². The number of aryl methyl sites for hydroxylation is 5. The van der Waals surface area contributed by atoms with Crippen LogP contribution in [0.5, 0.6) is 0 Å². The Labute approximate surface area is 181 Å². The molecule has 160 valence electrons. The van der Waals surface area contributed by atoms with E-state index in [4.69, 9.17) is 0 Å². The van der Waals surface area contributed by atoms with E-state index in [9.17, 15) is 9.59 Å². The molecular formula is C25H28N4O2. The van der Waals surface area contributed by atoms with Gasteiger partial charge >= 0.3 is 0 Å². The zero-order valence-electron chi connectivity index (χ0n) is 18.9. The van der Waals surface area contributed by atoms with Crippen molar-refractivity contribution in [3.63, 3.8) is 0 Å². The molecule has 6 nitrogen and oxygen atoms in total. The lowest BCUT2D eigenvalue weighted by Gasteiger charge is -2.20. The molecule has 0 aliphatic heterocycles. The van der Waals surface area contributed by atoms with Crippen molar-refractivity contribution in [2.45, 2.75) is 54.0 Å². The molecule has 0 aliphatic carbocycles. The van der Waals surface area contributed by atoms with Crippen LogP contribution in [0.3, 0.4) is 0 Å². The fraction of sp³-hybridized carbons (Fsp3) is 0.320. The van der Waals surface area contributed by atoms with Gasteiger partial charge in [0.25, 0.3) is 5.56 Å². The summed E-state index contributed by atoms with van der Waals surface area (Å²) in [5.41, 5.74) is 6.28. The first-order chi connectivity index (χ1) is 14.7. The largest absolute Gasteiger partial charge is 0.324 e. The van der Waals surface area contributed by atoms with Gasteiger partial charge in [-0.25, -0.2) is 4.68 Å². The van der Waals surface area contributed by atoms with Crippen LogP contribution in [0.4, 0.5) is 5.69 Å². The van der Waals surface area contributed by atoms with Crippen LogP contribution in [0.15, 0.2) is 41.2 Å². The van der Waals surface area contributed by atoms with E-state index in [-0.39, 0.29) is 11.5 Å². The quantitative estimate of drug-likeness (QED) is 0.520. The Morgan fingerprint density at radius 3 is 2.29 bits per heavy atom. The van der Waals surface area contributed by atoms with Gasteiger partial charge in [-0.05, 0) is 70.4 Å². The van der Waals surface area contributed by atoms with Crippen LogP contribution in [-0.4, -0.2) is 20.1 Å². The first kappa shape index (κ1) is 20.8. The Kier molecular flexibility index (Phi) is 5.17. The van der Waals surface area contributed by atoms with Crippen molar-refractivity contribution < 1.29 is 4.79 Å². The number of nitrogens with zero attached hydrogens (tertiary/aromatic N) is 3. The van der Waals surface area contributed by atoms with Gasteiger partial charge in [0.05, 0.1) is 5.52 Å². The summed E-state index contributed by atoms with van der Waals surface area (Å²) in [6.07, 6.45) is 0.456. The molecule has 0 radical (unpaired) electrons. The van der Waals surface area contributed by atoms with E-state index in [2.05, 4.69) is 16.5 Å². The third-order valence-electron chi connectivity index (χ3n) is 5.87. The fourth-order valence-corrected chi connectivity index (χ4v) is 4.47. The van der Waals surface area contributed by atoms with Gasteiger partial charge in [0.2, 0.25) is 5.91 Å². The van der Waals surface area contributed by atoms with Crippen LogP contribution in [0.25, 0.3) is 16.4 Å². The Morgan fingerprint density at radius 2 is 1.65 bits per heavy atom. The summed E-state index contributed by atoms with van der Waals surface area (Å²) < 4.78 is 3.21. The standard InChI is InChI=1S/C25H28N4O2/c1-7-20(24(30)26-23-16(4)10-15(3)11-17(23)5)29-25(31)22-13-19-12-14(2)8-9-21(19)28(22)18(6)27-29/h8-13,20H,7H2,1-6H3,(H,26,30). The van der Waals surface area contributed by atoms with Crippen LogP contribution in [-0.2, 0) is 4.79 Å². The summed E-state index contributed by atoms with van der Waals surface area (Å²) in [6, 6.07) is 11.3. The maximum atomic E-state index is 13.4. The number of anilines is 1.